The van der Waals surface area contributed by atoms with Crippen molar-refractivity contribution in [1.29, 1.82) is 0 Å². The lowest BCUT2D eigenvalue weighted by molar-refractivity contribution is -0.0803. The van der Waals surface area contributed by atoms with E-state index in [9.17, 15) is 0 Å². The summed E-state index contributed by atoms with van der Waals surface area (Å²) in [5, 5.41) is 2.52. The lowest BCUT2D eigenvalue weighted by Crippen LogP contribution is -2.50. The Hall–Kier alpha value is -0.958. The molecule has 1 aromatic carbocycles. The van der Waals surface area contributed by atoms with Crippen molar-refractivity contribution < 1.29 is 23.5 Å². The summed E-state index contributed by atoms with van der Waals surface area (Å²) >= 11 is 0. The van der Waals surface area contributed by atoms with Crippen LogP contribution < -0.4 is 5.19 Å². The average molecular weight is 420 g/mol. The number of hydrogen-bond donors (Lipinski definition) is 0. The Morgan fingerprint density at radius 2 is 1.66 bits per heavy atom. The average Bonchev–Trinajstić information content (AvgIpc) is 2.87. The monoisotopic (exact) mass is 420 g/mol. The lowest BCUT2D eigenvalue weighted by atomic mass is 9.88. The van der Waals surface area contributed by atoms with E-state index in [2.05, 4.69) is 77.2 Å². The van der Waals surface area contributed by atoms with Crippen molar-refractivity contribution in [2.24, 2.45) is 0 Å². The maximum Gasteiger partial charge on any atom is 0.486 e. The molecule has 1 atom stereocenters. The van der Waals surface area contributed by atoms with Crippen molar-refractivity contribution >= 4 is 20.4 Å². The lowest BCUT2D eigenvalue weighted by Gasteiger charge is -2.32. The van der Waals surface area contributed by atoms with Crippen LogP contribution in [-0.2, 0) is 23.5 Å². The highest BCUT2D eigenvalue weighted by Crippen LogP contribution is 2.40. The van der Waals surface area contributed by atoms with Crippen molar-refractivity contribution in [1.82, 2.24) is 0 Å². The van der Waals surface area contributed by atoms with Crippen LogP contribution in [0.5, 0.6) is 0 Å². The van der Waals surface area contributed by atoms with E-state index in [-0.39, 0.29) is 31.2 Å². The van der Waals surface area contributed by atoms with E-state index in [0.717, 1.165) is 0 Å². The Kier molecular flexibility index (Phi) is 8.30. The van der Waals surface area contributed by atoms with Gasteiger partial charge in [-0.1, -0.05) is 54.7 Å². The molecule has 0 spiro atoms. The highest BCUT2D eigenvalue weighted by molar-refractivity contribution is 7.04. The van der Waals surface area contributed by atoms with Crippen molar-refractivity contribution in [2.75, 3.05) is 27.1 Å². The molecule has 0 aliphatic carbocycles. The normalized spacial score (nSPS) is 20.1. The van der Waals surface area contributed by atoms with Crippen molar-refractivity contribution in [2.45, 2.75) is 65.0 Å². The first-order valence-electron chi connectivity index (χ1n) is 10.3. The van der Waals surface area contributed by atoms with E-state index in [4.69, 9.17) is 23.5 Å². The third-order valence-corrected chi connectivity index (χ3v) is 9.61. The Bertz CT molecular complexity index is 659. The molecule has 0 amide bonds. The number of benzene rings is 1. The summed E-state index contributed by atoms with van der Waals surface area (Å²) in [5.74, 6) is 0. The quantitative estimate of drug-likeness (QED) is 0.328. The van der Waals surface area contributed by atoms with Gasteiger partial charge in [-0.2, -0.15) is 0 Å². The van der Waals surface area contributed by atoms with Gasteiger partial charge in [-0.25, -0.2) is 0 Å². The molecule has 1 aromatic rings. The molecule has 0 aromatic heterocycles. The van der Waals surface area contributed by atoms with Crippen LogP contribution in [0.25, 0.3) is 0 Å². The molecule has 0 saturated carbocycles. The number of ether oxygens (including phenoxy) is 3. The molecule has 1 saturated heterocycles. The number of methoxy groups -OCH3 is 1. The zero-order valence-electron chi connectivity index (χ0n) is 19.3. The Morgan fingerprint density at radius 1 is 1.07 bits per heavy atom. The molecule has 29 heavy (non-hydrogen) atoms. The summed E-state index contributed by atoms with van der Waals surface area (Å²) in [6, 6.07) is 10.6. The third kappa shape index (κ3) is 6.03. The van der Waals surface area contributed by atoms with Crippen LogP contribution in [0, 0.1) is 0 Å². The molecular weight excluding hydrogens is 383 g/mol. The fraction of sp³-hybridized carbons (Fsp3) is 0.636. The molecule has 0 N–H and O–H groups in total. The van der Waals surface area contributed by atoms with Crippen LogP contribution in [0.1, 0.15) is 34.6 Å². The summed E-state index contributed by atoms with van der Waals surface area (Å²) in [7, 11) is -0.783. The topological polar surface area (TPSA) is 46.2 Å². The standard InChI is InChI=1S/C22H37BO5Si/c1-18(26-17-25-15-14-24-6)16-20(23-27-21(2,3)22(4,5)28-23)29(7,8)19-12-10-9-11-13-19/h9-13,16,18H,14-15,17H2,1-8H3/b20-16-/t18-/m0/s1. The van der Waals surface area contributed by atoms with Crippen molar-refractivity contribution in [3.05, 3.63) is 41.5 Å². The number of rotatable bonds is 10. The highest BCUT2D eigenvalue weighted by atomic mass is 28.3. The number of hydrogen-bond acceptors (Lipinski definition) is 5. The molecule has 7 heteroatoms. The molecule has 1 aliphatic heterocycles. The van der Waals surface area contributed by atoms with Gasteiger partial charge >= 0.3 is 7.12 Å². The molecule has 5 nitrogen and oxygen atoms in total. The van der Waals surface area contributed by atoms with Gasteiger partial charge in [0.2, 0.25) is 0 Å². The van der Waals surface area contributed by atoms with Gasteiger partial charge in [-0.3, -0.25) is 0 Å². The maximum atomic E-state index is 6.43. The first-order chi connectivity index (χ1) is 13.5. The van der Waals surface area contributed by atoms with Gasteiger partial charge in [0.1, 0.15) is 14.9 Å². The first kappa shape index (κ1) is 24.3. The predicted octanol–water partition coefficient (Wildman–Crippen LogP) is 3.72. The summed E-state index contributed by atoms with van der Waals surface area (Å²) in [5.41, 5.74) is -0.767. The largest absolute Gasteiger partial charge is 0.486 e. The van der Waals surface area contributed by atoms with E-state index in [1.165, 1.54) is 10.3 Å². The SMILES string of the molecule is COCCOCO[C@@H](C)/C=C(/B1OC(C)(C)C(C)(C)O1)[Si](C)(C)c1ccccc1. The molecule has 2 rings (SSSR count). The Balaban J connectivity index is 2.27. The Morgan fingerprint density at radius 3 is 2.21 bits per heavy atom. The fourth-order valence-electron chi connectivity index (χ4n) is 3.23. The van der Waals surface area contributed by atoms with Gasteiger partial charge in [0, 0.05) is 7.11 Å². The minimum Gasteiger partial charge on any atom is -0.400 e. The van der Waals surface area contributed by atoms with E-state index in [1.807, 2.05) is 6.92 Å². The second-order valence-electron chi connectivity index (χ2n) is 9.09. The van der Waals surface area contributed by atoms with Crippen LogP contribution in [-0.4, -0.2) is 59.6 Å². The zero-order valence-corrected chi connectivity index (χ0v) is 20.3. The van der Waals surface area contributed by atoms with E-state index >= 15 is 0 Å². The maximum absolute atomic E-state index is 6.43. The van der Waals surface area contributed by atoms with Crippen LogP contribution in [0.2, 0.25) is 13.1 Å². The van der Waals surface area contributed by atoms with Crippen molar-refractivity contribution in [3.8, 4) is 0 Å². The second-order valence-corrected chi connectivity index (χ2v) is 13.5. The molecule has 1 fully saturated rings. The minimum atomic E-state index is -2.05. The smallest absolute Gasteiger partial charge is 0.400 e. The zero-order chi connectivity index (χ0) is 21.7. The molecule has 0 bridgehead atoms. The van der Waals surface area contributed by atoms with Crippen LogP contribution >= 0.6 is 0 Å². The highest BCUT2D eigenvalue weighted by Gasteiger charge is 2.54. The Labute approximate surface area is 177 Å². The summed E-state index contributed by atoms with van der Waals surface area (Å²) in [6.45, 7) is 16.3. The molecular formula is C22H37BO5Si. The second kappa shape index (κ2) is 9.90. The summed E-state index contributed by atoms with van der Waals surface area (Å²) in [6.07, 6.45) is 2.04. The van der Waals surface area contributed by atoms with Gasteiger partial charge in [-0.15, -0.1) is 0 Å². The van der Waals surface area contributed by atoms with E-state index < -0.39 is 8.07 Å². The molecule has 0 radical (unpaired) electrons. The van der Waals surface area contributed by atoms with Gasteiger partial charge in [0.05, 0.1) is 30.5 Å². The van der Waals surface area contributed by atoms with Crippen LogP contribution in [0.15, 0.2) is 41.5 Å². The van der Waals surface area contributed by atoms with Crippen LogP contribution in [0.3, 0.4) is 0 Å². The van der Waals surface area contributed by atoms with Gasteiger partial charge in [-0.05, 0) is 39.7 Å². The van der Waals surface area contributed by atoms with Crippen LogP contribution in [0.4, 0.5) is 0 Å². The van der Waals surface area contributed by atoms with E-state index in [0.29, 0.717) is 13.2 Å². The van der Waals surface area contributed by atoms with Gasteiger partial charge < -0.3 is 23.5 Å². The van der Waals surface area contributed by atoms with E-state index in [1.54, 1.807) is 7.11 Å². The third-order valence-electron chi connectivity index (χ3n) is 5.98. The molecule has 0 unspecified atom stereocenters. The van der Waals surface area contributed by atoms with Gasteiger partial charge in [0.25, 0.3) is 0 Å². The van der Waals surface area contributed by atoms with Crippen molar-refractivity contribution in [3.63, 3.8) is 0 Å². The van der Waals surface area contributed by atoms with Gasteiger partial charge in [0.15, 0.2) is 0 Å². The molecule has 1 heterocycles. The first-order valence-corrected chi connectivity index (χ1v) is 13.3. The fourth-order valence-corrected chi connectivity index (χ4v) is 5.95. The minimum absolute atomic E-state index is 0.123. The predicted molar refractivity (Wildman–Crippen MR) is 121 cm³/mol. The molecule has 162 valence electrons. The summed E-state index contributed by atoms with van der Waals surface area (Å²) < 4.78 is 29.2. The summed E-state index contributed by atoms with van der Waals surface area (Å²) in [4.78, 5) is 0. The molecule has 1 aliphatic rings.